The van der Waals surface area contributed by atoms with Gasteiger partial charge in [0.25, 0.3) is 0 Å². The molecule has 192 valence electrons. The third-order valence-electron chi connectivity index (χ3n) is 7.26. The van der Waals surface area contributed by atoms with E-state index in [1.54, 1.807) is 19.4 Å². The molecule has 3 atom stereocenters. The fourth-order valence-electron chi connectivity index (χ4n) is 5.22. The van der Waals surface area contributed by atoms with Crippen molar-refractivity contribution in [2.24, 2.45) is 11.8 Å². The first kappa shape index (κ1) is 26.7. The summed E-state index contributed by atoms with van der Waals surface area (Å²) in [6.45, 7) is 2.19. The van der Waals surface area contributed by atoms with Gasteiger partial charge < -0.3 is 19.8 Å². The van der Waals surface area contributed by atoms with E-state index in [-0.39, 0.29) is 5.92 Å². The molecule has 6 nitrogen and oxygen atoms in total. The van der Waals surface area contributed by atoms with Crippen LogP contribution < -0.4 is 4.74 Å². The van der Waals surface area contributed by atoms with Crippen LogP contribution in [0.15, 0.2) is 48.7 Å². The van der Waals surface area contributed by atoms with Crippen molar-refractivity contribution in [3.05, 3.63) is 69.8 Å². The lowest BCUT2D eigenvalue weighted by Crippen LogP contribution is -2.44. The Kier molecular flexibility index (Phi) is 9.07. The molecule has 36 heavy (non-hydrogen) atoms. The van der Waals surface area contributed by atoms with Crippen LogP contribution in [0.4, 0.5) is 0 Å². The lowest BCUT2D eigenvalue weighted by atomic mass is 9.81. The number of pyridine rings is 1. The zero-order valence-corrected chi connectivity index (χ0v) is 21.9. The van der Waals surface area contributed by atoms with Gasteiger partial charge in [-0.05, 0) is 92.6 Å². The van der Waals surface area contributed by atoms with Gasteiger partial charge in [-0.2, -0.15) is 0 Å². The highest BCUT2D eigenvalue weighted by Crippen LogP contribution is 2.34. The highest BCUT2D eigenvalue weighted by Gasteiger charge is 2.34. The molecule has 1 aliphatic heterocycles. The molecule has 1 aliphatic rings. The van der Waals surface area contributed by atoms with Gasteiger partial charge in [0.2, 0.25) is 0 Å². The molecule has 1 unspecified atom stereocenters. The number of aliphatic hydroxyl groups excluding tert-OH is 1. The van der Waals surface area contributed by atoms with Crippen molar-refractivity contribution in [3.63, 3.8) is 0 Å². The first-order valence-electron chi connectivity index (χ1n) is 12.4. The number of carboxylic acid groups (broad SMARTS) is 1. The summed E-state index contributed by atoms with van der Waals surface area (Å²) in [4.78, 5) is 18.7. The first-order chi connectivity index (χ1) is 17.4. The second-order valence-electron chi connectivity index (χ2n) is 9.49. The van der Waals surface area contributed by atoms with E-state index in [4.69, 9.17) is 27.9 Å². The Balaban J connectivity index is 1.33. The number of aliphatic hydroxyl groups is 1. The van der Waals surface area contributed by atoms with E-state index in [2.05, 4.69) is 9.88 Å². The highest BCUT2D eigenvalue weighted by atomic mass is 35.5. The summed E-state index contributed by atoms with van der Waals surface area (Å²) in [5, 5.41) is 23.0. The van der Waals surface area contributed by atoms with Crippen LogP contribution in [0.25, 0.3) is 10.9 Å². The Labute approximate surface area is 221 Å². The summed E-state index contributed by atoms with van der Waals surface area (Å²) in [6, 6.07) is 13.1. The lowest BCUT2D eigenvalue weighted by Gasteiger charge is -2.37. The number of halogens is 2. The van der Waals surface area contributed by atoms with E-state index in [9.17, 15) is 15.0 Å². The van der Waals surface area contributed by atoms with E-state index in [1.165, 1.54) is 0 Å². The van der Waals surface area contributed by atoms with Crippen LogP contribution in [-0.2, 0) is 11.2 Å². The van der Waals surface area contributed by atoms with Crippen LogP contribution >= 0.6 is 23.2 Å². The number of aliphatic carboxylic acids is 1. The van der Waals surface area contributed by atoms with E-state index < -0.39 is 18.0 Å². The third kappa shape index (κ3) is 6.30. The van der Waals surface area contributed by atoms with Crippen molar-refractivity contribution in [1.29, 1.82) is 0 Å². The van der Waals surface area contributed by atoms with Crippen LogP contribution in [0.3, 0.4) is 0 Å². The molecule has 0 radical (unpaired) electrons. The molecule has 2 heterocycles. The average molecular weight is 531 g/mol. The molecule has 1 fully saturated rings. The highest BCUT2D eigenvalue weighted by molar-refractivity contribution is 6.42. The van der Waals surface area contributed by atoms with Gasteiger partial charge >= 0.3 is 5.97 Å². The maximum absolute atomic E-state index is 12.1. The number of nitrogens with zero attached hydrogens (tertiary/aromatic N) is 2. The summed E-state index contributed by atoms with van der Waals surface area (Å²) in [6.07, 6.45) is 4.63. The molecule has 1 aromatic heterocycles. The Hall–Kier alpha value is -2.38. The molecule has 0 aliphatic carbocycles. The molecule has 3 aromatic rings. The van der Waals surface area contributed by atoms with Crippen molar-refractivity contribution in [2.45, 2.75) is 38.2 Å². The number of methoxy groups -OCH3 is 1. The monoisotopic (exact) mass is 530 g/mol. The Morgan fingerprint density at radius 1 is 1.25 bits per heavy atom. The molecule has 0 amide bonds. The fraction of sp³-hybridized carbons (Fsp3) is 0.429. The summed E-state index contributed by atoms with van der Waals surface area (Å²) in [5.74, 6) is -0.482. The number of rotatable bonds is 10. The Morgan fingerprint density at radius 2 is 2.08 bits per heavy atom. The zero-order valence-electron chi connectivity index (χ0n) is 20.4. The van der Waals surface area contributed by atoms with Gasteiger partial charge in [-0.1, -0.05) is 35.3 Å². The fourth-order valence-corrected chi connectivity index (χ4v) is 5.64. The van der Waals surface area contributed by atoms with Gasteiger partial charge in [-0.25, -0.2) is 0 Å². The maximum Gasteiger partial charge on any atom is 0.308 e. The second-order valence-corrected chi connectivity index (χ2v) is 10.3. The van der Waals surface area contributed by atoms with Crippen LogP contribution in [0.1, 0.15) is 42.9 Å². The van der Waals surface area contributed by atoms with Crippen molar-refractivity contribution < 1.29 is 19.7 Å². The van der Waals surface area contributed by atoms with Crippen molar-refractivity contribution in [1.82, 2.24) is 9.88 Å². The number of hydrogen-bond donors (Lipinski definition) is 2. The third-order valence-corrected chi connectivity index (χ3v) is 8.12. The Morgan fingerprint density at radius 3 is 2.86 bits per heavy atom. The van der Waals surface area contributed by atoms with Crippen LogP contribution in [-0.4, -0.2) is 52.8 Å². The molecule has 0 saturated carbocycles. The van der Waals surface area contributed by atoms with Crippen LogP contribution in [0.2, 0.25) is 10.0 Å². The summed E-state index contributed by atoms with van der Waals surface area (Å²) < 4.78 is 5.33. The van der Waals surface area contributed by atoms with E-state index in [0.29, 0.717) is 35.2 Å². The zero-order chi connectivity index (χ0) is 25.7. The van der Waals surface area contributed by atoms with Gasteiger partial charge in [-0.3, -0.25) is 9.78 Å². The van der Waals surface area contributed by atoms with Crippen LogP contribution in [0.5, 0.6) is 5.75 Å². The number of aromatic nitrogens is 1. The van der Waals surface area contributed by atoms with Gasteiger partial charge in [0, 0.05) is 18.1 Å². The topological polar surface area (TPSA) is 82.9 Å². The SMILES string of the molecule is COc1ccc2nccc(C(O)CC[C@@H]3CCN(CCCc4cccc(Cl)c4Cl)C[C@@H]3C(=O)O)c2c1. The molecule has 0 bridgehead atoms. The van der Waals surface area contributed by atoms with Gasteiger partial charge in [0.05, 0.1) is 34.7 Å². The van der Waals surface area contributed by atoms with Crippen molar-refractivity contribution >= 4 is 40.1 Å². The molecular weight excluding hydrogens is 499 g/mol. The largest absolute Gasteiger partial charge is 0.497 e. The smallest absolute Gasteiger partial charge is 0.308 e. The normalized spacial score (nSPS) is 19.3. The summed E-state index contributed by atoms with van der Waals surface area (Å²) in [5.41, 5.74) is 2.61. The number of carboxylic acids is 1. The first-order valence-corrected chi connectivity index (χ1v) is 13.1. The van der Waals surface area contributed by atoms with Gasteiger partial charge in [0.15, 0.2) is 0 Å². The quantitative estimate of drug-likeness (QED) is 0.333. The number of carbonyl (C=O) groups is 1. The minimum absolute atomic E-state index is 0.0263. The number of piperidine rings is 1. The van der Waals surface area contributed by atoms with Crippen molar-refractivity contribution in [2.75, 3.05) is 26.7 Å². The number of ether oxygens (including phenoxy) is 1. The number of benzene rings is 2. The minimum Gasteiger partial charge on any atom is -0.497 e. The number of likely N-dealkylation sites (tertiary alicyclic amines) is 1. The van der Waals surface area contributed by atoms with Gasteiger partial charge in [0.1, 0.15) is 5.75 Å². The molecule has 1 saturated heterocycles. The van der Waals surface area contributed by atoms with E-state index in [0.717, 1.165) is 54.4 Å². The lowest BCUT2D eigenvalue weighted by molar-refractivity contribution is -0.146. The predicted molar refractivity (Wildman–Crippen MR) is 143 cm³/mol. The standard InChI is InChI=1S/C28H32Cl2N2O4/c1-36-20-8-9-25-22(16-20)21(11-13-31-25)26(33)10-7-18-12-15-32(17-23(18)28(34)35)14-3-5-19-4-2-6-24(29)27(19)30/h2,4,6,8-9,11,13,16,18,23,26,33H,3,5,7,10,12,14-15,17H2,1H3,(H,34,35)/t18-,23+,26?/m1/s1. The molecule has 4 rings (SSSR count). The molecular formula is C28H32Cl2N2O4. The Bertz CT molecular complexity index is 1210. The molecule has 2 N–H and O–H groups in total. The average Bonchev–Trinajstić information content (AvgIpc) is 2.89. The molecule has 0 spiro atoms. The second kappa shape index (κ2) is 12.2. The molecule has 8 heteroatoms. The maximum atomic E-state index is 12.1. The minimum atomic E-state index is -0.767. The summed E-state index contributed by atoms with van der Waals surface area (Å²) >= 11 is 12.4. The molecule has 2 aromatic carbocycles. The van der Waals surface area contributed by atoms with Crippen LogP contribution in [0, 0.1) is 11.8 Å². The van der Waals surface area contributed by atoms with Gasteiger partial charge in [-0.15, -0.1) is 0 Å². The summed E-state index contributed by atoms with van der Waals surface area (Å²) in [7, 11) is 1.61. The van der Waals surface area contributed by atoms with E-state index >= 15 is 0 Å². The number of aryl methyl sites for hydroxylation is 1. The van der Waals surface area contributed by atoms with Crippen molar-refractivity contribution in [3.8, 4) is 5.75 Å². The van der Waals surface area contributed by atoms with E-state index in [1.807, 2.05) is 36.4 Å². The predicted octanol–water partition coefficient (Wildman–Crippen LogP) is 6.02. The number of hydrogen-bond acceptors (Lipinski definition) is 5. The number of fused-ring (bicyclic) bond motifs is 1.